The van der Waals surface area contributed by atoms with Gasteiger partial charge in [-0.15, -0.1) is 0 Å². The summed E-state index contributed by atoms with van der Waals surface area (Å²) in [6.45, 7) is 0. The van der Waals surface area contributed by atoms with Gasteiger partial charge in [0.05, 0.1) is 30.0 Å². The fourth-order valence-electron chi connectivity index (χ4n) is 2.91. The van der Waals surface area contributed by atoms with Crippen LogP contribution in [0.15, 0.2) is 53.1 Å². The van der Waals surface area contributed by atoms with Crippen molar-refractivity contribution in [2.45, 2.75) is 0 Å². The van der Waals surface area contributed by atoms with Gasteiger partial charge in [-0.3, -0.25) is 4.79 Å². The summed E-state index contributed by atoms with van der Waals surface area (Å²) in [6.07, 6.45) is 1.63. The molecule has 0 fully saturated rings. The Labute approximate surface area is 181 Å². The molecule has 2 aromatic carbocycles. The fourth-order valence-corrected chi connectivity index (χ4v) is 3.47. The van der Waals surface area contributed by atoms with Gasteiger partial charge in [-0.25, -0.2) is 4.98 Å². The number of ether oxygens (including phenoxy) is 2. The molecule has 0 saturated heterocycles. The topological polar surface area (TPSA) is 86.5 Å². The SMILES string of the molecule is COc1ccc(C(=O)Nc2cc(-c3nc4ncccc4o3)cc(Cl)c2OC)cc1Cl. The Morgan fingerprint density at radius 2 is 1.90 bits per heavy atom. The molecule has 0 aliphatic heterocycles. The van der Waals surface area contributed by atoms with E-state index in [1.165, 1.54) is 20.3 Å². The Kier molecular flexibility index (Phi) is 5.48. The molecule has 9 heteroatoms. The predicted molar refractivity (Wildman–Crippen MR) is 115 cm³/mol. The zero-order valence-corrected chi connectivity index (χ0v) is 17.4. The summed E-state index contributed by atoms with van der Waals surface area (Å²) in [6, 6.07) is 11.6. The smallest absolute Gasteiger partial charge is 0.255 e. The molecule has 0 saturated carbocycles. The van der Waals surface area contributed by atoms with Crippen molar-refractivity contribution >= 4 is 46.0 Å². The van der Waals surface area contributed by atoms with E-state index in [0.29, 0.717) is 50.5 Å². The highest BCUT2D eigenvalue weighted by Crippen LogP contribution is 2.38. The van der Waals surface area contributed by atoms with E-state index in [4.69, 9.17) is 37.1 Å². The Balaban J connectivity index is 1.71. The Bertz CT molecular complexity index is 1220. The van der Waals surface area contributed by atoms with Crippen molar-refractivity contribution in [3.63, 3.8) is 0 Å². The largest absolute Gasteiger partial charge is 0.495 e. The molecule has 0 radical (unpaired) electrons. The highest BCUT2D eigenvalue weighted by molar-refractivity contribution is 6.33. The molecule has 0 spiro atoms. The van der Waals surface area contributed by atoms with E-state index >= 15 is 0 Å². The highest BCUT2D eigenvalue weighted by Gasteiger charge is 2.18. The molecule has 152 valence electrons. The molecule has 2 heterocycles. The number of benzene rings is 2. The molecule has 30 heavy (non-hydrogen) atoms. The van der Waals surface area contributed by atoms with Crippen LogP contribution in [0.3, 0.4) is 0 Å². The minimum atomic E-state index is -0.398. The lowest BCUT2D eigenvalue weighted by Crippen LogP contribution is -2.13. The number of halogens is 2. The third kappa shape index (κ3) is 3.77. The average Bonchev–Trinajstić information content (AvgIpc) is 3.18. The van der Waals surface area contributed by atoms with Crippen LogP contribution in [0.4, 0.5) is 5.69 Å². The van der Waals surface area contributed by atoms with E-state index in [-0.39, 0.29) is 5.02 Å². The Hall–Kier alpha value is -3.29. The number of anilines is 1. The predicted octanol–water partition coefficient (Wildman–Crippen LogP) is 5.47. The molecule has 0 bridgehead atoms. The van der Waals surface area contributed by atoms with Crippen molar-refractivity contribution in [3.05, 3.63) is 64.3 Å². The highest BCUT2D eigenvalue weighted by atomic mass is 35.5. The first-order valence-corrected chi connectivity index (χ1v) is 9.50. The summed E-state index contributed by atoms with van der Waals surface area (Å²) in [7, 11) is 2.96. The number of pyridine rings is 1. The van der Waals surface area contributed by atoms with E-state index in [1.54, 1.807) is 42.6 Å². The molecule has 1 amide bonds. The van der Waals surface area contributed by atoms with Crippen molar-refractivity contribution in [1.82, 2.24) is 9.97 Å². The first-order chi connectivity index (χ1) is 14.5. The Morgan fingerprint density at radius 3 is 2.60 bits per heavy atom. The molecule has 0 aliphatic rings. The molecule has 0 aliphatic carbocycles. The molecule has 4 aromatic rings. The lowest BCUT2D eigenvalue weighted by molar-refractivity contribution is 0.102. The molecular weight excluding hydrogens is 429 g/mol. The van der Waals surface area contributed by atoms with Crippen molar-refractivity contribution in [3.8, 4) is 23.0 Å². The Morgan fingerprint density at radius 1 is 1.07 bits per heavy atom. The zero-order valence-electron chi connectivity index (χ0n) is 15.9. The van der Waals surface area contributed by atoms with Crippen LogP contribution in [-0.4, -0.2) is 30.1 Å². The number of amides is 1. The van der Waals surface area contributed by atoms with Crippen LogP contribution in [-0.2, 0) is 0 Å². The van der Waals surface area contributed by atoms with Crippen LogP contribution in [0.2, 0.25) is 10.0 Å². The molecule has 1 N–H and O–H groups in total. The number of aromatic nitrogens is 2. The number of hydrogen-bond acceptors (Lipinski definition) is 6. The van der Waals surface area contributed by atoms with Crippen LogP contribution < -0.4 is 14.8 Å². The van der Waals surface area contributed by atoms with Crippen molar-refractivity contribution in [2.24, 2.45) is 0 Å². The summed E-state index contributed by atoms with van der Waals surface area (Å²) in [5, 5.41) is 3.40. The molecular formula is C21H15Cl2N3O4. The standard InChI is InChI=1S/C21H15Cl2N3O4/c1-28-16-6-5-11(8-13(16)22)20(27)25-15-10-12(9-14(23)18(15)29-2)21-26-19-17(30-21)4-3-7-24-19/h3-10H,1-2H3,(H,25,27). The molecule has 2 aromatic heterocycles. The third-order valence-corrected chi connectivity index (χ3v) is 4.90. The molecule has 0 unspecified atom stereocenters. The zero-order chi connectivity index (χ0) is 21.3. The molecule has 4 rings (SSSR count). The minimum absolute atomic E-state index is 0.285. The second kappa shape index (κ2) is 8.22. The molecule has 0 atom stereocenters. The quantitative estimate of drug-likeness (QED) is 0.440. The van der Waals surface area contributed by atoms with Crippen molar-refractivity contribution in [2.75, 3.05) is 19.5 Å². The number of oxazole rings is 1. The maximum absolute atomic E-state index is 12.8. The minimum Gasteiger partial charge on any atom is -0.495 e. The second-order valence-corrected chi connectivity index (χ2v) is 7.00. The van der Waals surface area contributed by atoms with Crippen LogP contribution in [0.5, 0.6) is 11.5 Å². The van der Waals surface area contributed by atoms with Gasteiger partial charge in [-0.05, 0) is 42.5 Å². The lowest BCUT2D eigenvalue weighted by Gasteiger charge is -2.13. The van der Waals surface area contributed by atoms with Gasteiger partial charge >= 0.3 is 0 Å². The van der Waals surface area contributed by atoms with Gasteiger partial charge in [0.1, 0.15) is 5.75 Å². The van der Waals surface area contributed by atoms with Crippen LogP contribution in [0.25, 0.3) is 22.7 Å². The van der Waals surface area contributed by atoms with Crippen molar-refractivity contribution in [1.29, 1.82) is 0 Å². The van der Waals surface area contributed by atoms with Crippen molar-refractivity contribution < 1.29 is 18.7 Å². The second-order valence-electron chi connectivity index (χ2n) is 6.19. The average molecular weight is 444 g/mol. The number of carbonyl (C=O) groups excluding carboxylic acids is 1. The van der Waals surface area contributed by atoms with Crippen LogP contribution in [0, 0.1) is 0 Å². The number of nitrogens with zero attached hydrogens (tertiary/aromatic N) is 2. The van der Waals surface area contributed by atoms with Gasteiger partial charge in [-0.2, -0.15) is 4.98 Å². The van der Waals surface area contributed by atoms with E-state index in [0.717, 1.165) is 0 Å². The first kappa shape index (κ1) is 20.0. The molecule has 7 nitrogen and oxygen atoms in total. The number of nitrogens with one attached hydrogen (secondary N) is 1. The van der Waals surface area contributed by atoms with Gasteiger partial charge < -0.3 is 19.2 Å². The maximum atomic E-state index is 12.8. The van der Waals surface area contributed by atoms with E-state index in [2.05, 4.69) is 15.3 Å². The van der Waals surface area contributed by atoms with Gasteiger partial charge in [0, 0.05) is 17.3 Å². The summed E-state index contributed by atoms with van der Waals surface area (Å²) in [5.41, 5.74) is 2.26. The summed E-state index contributed by atoms with van der Waals surface area (Å²) >= 11 is 12.5. The van der Waals surface area contributed by atoms with Gasteiger partial charge in [-0.1, -0.05) is 23.2 Å². The van der Waals surface area contributed by atoms with Crippen LogP contribution >= 0.6 is 23.2 Å². The lowest BCUT2D eigenvalue weighted by atomic mass is 10.1. The summed E-state index contributed by atoms with van der Waals surface area (Å²) in [4.78, 5) is 21.3. The first-order valence-electron chi connectivity index (χ1n) is 8.74. The summed E-state index contributed by atoms with van der Waals surface area (Å²) in [5.74, 6) is 0.699. The summed E-state index contributed by atoms with van der Waals surface area (Å²) < 4.78 is 16.2. The number of hydrogen-bond donors (Lipinski definition) is 1. The monoisotopic (exact) mass is 443 g/mol. The van der Waals surface area contributed by atoms with Crippen LogP contribution in [0.1, 0.15) is 10.4 Å². The number of rotatable bonds is 5. The van der Waals surface area contributed by atoms with Gasteiger partial charge in [0.15, 0.2) is 17.0 Å². The van der Waals surface area contributed by atoms with E-state index in [1.807, 2.05) is 0 Å². The van der Waals surface area contributed by atoms with E-state index < -0.39 is 5.91 Å². The third-order valence-electron chi connectivity index (χ3n) is 4.32. The normalized spacial score (nSPS) is 10.8. The number of methoxy groups -OCH3 is 2. The number of fused-ring (bicyclic) bond motifs is 1. The van der Waals surface area contributed by atoms with Gasteiger partial charge in [0.2, 0.25) is 5.89 Å². The van der Waals surface area contributed by atoms with E-state index in [9.17, 15) is 4.79 Å². The maximum Gasteiger partial charge on any atom is 0.255 e. The van der Waals surface area contributed by atoms with Gasteiger partial charge in [0.25, 0.3) is 5.91 Å². The number of carbonyl (C=O) groups is 1. The fraction of sp³-hybridized carbons (Fsp3) is 0.0952.